The summed E-state index contributed by atoms with van der Waals surface area (Å²) in [5.41, 5.74) is 2.94. The van der Waals surface area contributed by atoms with E-state index in [4.69, 9.17) is 0 Å². The maximum absolute atomic E-state index is 12.4. The van der Waals surface area contributed by atoms with E-state index < -0.39 is 0 Å². The van der Waals surface area contributed by atoms with Crippen molar-refractivity contribution in [3.63, 3.8) is 0 Å². The second kappa shape index (κ2) is 8.23. The van der Waals surface area contributed by atoms with Crippen LogP contribution in [0.1, 0.15) is 25.3 Å². The van der Waals surface area contributed by atoms with E-state index in [-0.39, 0.29) is 5.91 Å². The van der Waals surface area contributed by atoms with Gasteiger partial charge < -0.3 is 15.3 Å². The number of hydrogen-bond acceptors (Lipinski definition) is 4. The van der Waals surface area contributed by atoms with E-state index in [0.29, 0.717) is 18.2 Å². The van der Waals surface area contributed by atoms with Crippen LogP contribution in [0.15, 0.2) is 48.5 Å². The van der Waals surface area contributed by atoms with Crippen molar-refractivity contribution in [3.05, 3.63) is 54.1 Å². The van der Waals surface area contributed by atoms with E-state index in [9.17, 15) is 9.90 Å². The first-order chi connectivity index (χ1) is 12.5. The zero-order valence-corrected chi connectivity index (χ0v) is 15.5. The molecular formula is C21H27N3O2. The second-order valence-corrected chi connectivity index (χ2v) is 7.08. The van der Waals surface area contributed by atoms with Gasteiger partial charge in [0.25, 0.3) is 0 Å². The minimum atomic E-state index is 0.0157. The number of carbonyl (C=O) groups excluding carboxylic acids is 1. The highest BCUT2D eigenvalue weighted by Crippen LogP contribution is 2.27. The van der Waals surface area contributed by atoms with Crippen LogP contribution in [0.5, 0.6) is 5.75 Å². The summed E-state index contributed by atoms with van der Waals surface area (Å²) in [6, 6.07) is 15.4. The molecule has 2 aromatic carbocycles. The molecule has 0 aromatic heterocycles. The smallest absolute Gasteiger partial charge is 0.238 e. The van der Waals surface area contributed by atoms with Gasteiger partial charge in [-0.2, -0.15) is 0 Å². The number of hydrogen-bond donors (Lipinski definition) is 2. The monoisotopic (exact) mass is 353 g/mol. The summed E-state index contributed by atoms with van der Waals surface area (Å²) < 4.78 is 0. The first-order valence-electron chi connectivity index (χ1n) is 9.18. The van der Waals surface area contributed by atoms with Gasteiger partial charge in [-0.1, -0.05) is 38.1 Å². The first-order valence-corrected chi connectivity index (χ1v) is 9.18. The topological polar surface area (TPSA) is 55.8 Å². The molecule has 1 saturated heterocycles. The molecule has 1 fully saturated rings. The summed E-state index contributed by atoms with van der Waals surface area (Å²) in [5, 5.41) is 13.0. The summed E-state index contributed by atoms with van der Waals surface area (Å²) in [6.45, 7) is 7.87. The van der Waals surface area contributed by atoms with Crippen LogP contribution in [0.4, 0.5) is 11.4 Å². The number of anilines is 2. The fourth-order valence-electron chi connectivity index (χ4n) is 3.26. The fourth-order valence-corrected chi connectivity index (χ4v) is 3.26. The van der Waals surface area contributed by atoms with Crippen LogP contribution in [0, 0.1) is 0 Å². The number of carbonyl (C=O) groups is 1. The summed E-state index contributed by atoms with van der Waals surface area (Å²) >= 11 is 0. The minimum Gasteiger partial charge on any atom is -0.506 e. The molecule has 1 aliphatic rings. The van der Waals surface area contributed by atoms with Crippen LogP contribution in [-0.4, -0.2) is 48.6 Å². The SMILES string of the molecule is CC(C)c1cccc(NC(=O)CN2CCN(c3ccccc3O)CC2)c1. The molecule has 0 bridgehead atoms. The van der Waals surface area contributed by atoms with E-state index >= 15 is 0 Å². The van der Waals surface area contributed by atoms with Crippen LogP contribution >= 0.6 is 0 Å². The van der Waals surface area contributed by atoms with Crippen LogP contribution in [-0.2, 0) is 4.79 Å². The molecule has 1 aliphatic heterocycles. The van der Waals surface area contributed by atoms with E-state index in [1.165, 1.54) is 5.56 Å². The molecule has 2 N–H and O–H groups in total. The summed E-state index contributed by atoms with van der Waals surface area (Å²) in [7, 11) is 0. The molecule has 0 spiro atoms. The van der Waals surface area contributed by atoms with Gasteiger partial charge in [0.05, 0.1) is 12.2 Å². The molecule has 2 aromatic rings. The van der Waals surface area contributed by atoms with Crippen LogP contribution in [0.3, 0.4) is 0 Å². The highest BCUT2D eigenvalue weighted by Gasteiger charge is 2.20. The highest BCUT2D eigenvalue weighted by molar-refractivity contribution is 5.92. The zero-order valence-electron chi connectivity index (χ0n) is 15.5. The molecule has 1 heterocycles. The predicted octanol–water partition coefficient (Wildman–Crippen LogP) is 3.28. The number of piperazine rings is 1. The van der Waals surface area contributed by atoms with Gasteiger partial charge in [0.2, 0.25) is 5.91 Å². The van der Waals surface area contributed by atoms with Crippen molar-refractivity contribution < 1.29 is 9.90 Å². The zero-order chi connectivity index (χ0) is 18.5. The van der Waals surface area contributed by atoms with Gasteiger partial charge in [-0.25, -0.2) is 0 Å². The molecule has 0 radical (unpaired) electrons. The Bertz CT molecular complexity index is 752. The Morgan fingerprint density at radius 1 is 1.08 bits per heavy atom. The number of nitrogens with zero attached hydrogens (tertiary/aromatic N) is 2. The number of rotatable bonds is 5. The Balaban J connectivity index is 1.51. The minimum absolute atomic E-state index is 0.0157. The van der Waals surface area contributed by atoms with E-state index in [1.807, 2.05) is 36.4 Å². The third-order valence-corrected chi connectivity index (χ3v) is 4.80. The Morgan fingerprint density at radius 2 is 1.81 bits per heavy atom. The maximum Gasteiger partial charge on any atom is 0.238 e. The highest BCUT2D eigenvalue weighted by atomic mass is 16.3. The van der Waals surface area contributed by atoms with Crippen LogP contribution in [0.2, 0.25) is 0 Å². The molecule has 138 valence electrons. The number of nitrogens with one attached hydrogen (secondary N) is 1. The van der Waals surface area contributed by atoms with Gasteiger partial charge in [0, 0.05) is 31.9 Å². The van der Waals surface area contributed by atoms with Crippen LogP contribution < -0.4 is 10.2 Å². The van der Waals surface area contributed by atoms with Crippen LogP contribution in [0.25, 0.3) is 0 Å². The summed E-state index contributed by atoms with van der Waals surface area (Å²) in [6.07, 6.45) is 0. The Hall–Kier alpha value is -2.53. The van der Waals surface area contributed by atoms with E-state index in [1.54, 1.807) is 6.07 Å². The van der Waals surface area contributed by atoms with E-state index in [0.717, 1.165) is 37.6 Å². The number of para-hydroxylation sites is 2. The van der Waals surface area contributed by atoms with Gasteiger partial charge in [0.1, 0.15) is 5.75 Å². The average Bonchev–Trinajstić information content (AvgIpc) is 2.63. The molecule has 5 nitrogen and oxygen atoms in total. The number of phenols is 1. The van der Waals surface area contributed by atoms with Gasteiger partial charge in [0.15, 0.2) is 0 Å². The number of benzene rings is 2. The largest absolute Gasteiger partial charge is 0.506 e. The lowest BCUT2D eigenvalue weighted by molar-refractivity contribution is -0.117. The molecule has 26 heavy (non-hydrogen) atoms. The molecule has 0 unspecified atom stereocenters. The molecule has 0 atom stereocenters. The normalized spacial score (nSPS) is 15.3. The van der Waals surface area contributed by atoms with Crippen molar-refractivity contribution in [1.82, 2.24) is 4.90 Å². The van der Waals surface area contributed by atoms with Crippen molar-refractivity contribution in [2.75, 3.05) is 42.9 Å². The summed E-state index contributed by atoms with van der Waals surface area (Å²) in [4.78, 5) is 16.7. The fraction of sp³-hybridized carbons (Fsp3) is 0.381. The first kappa shape index (κ1) is 18.3. The van der Waals surface area contributed by atoms with Crippen molar-refractivity contribution in [2.24, 2.45) is 0 Å². The Morgan fingerprint density at radius 3 is 2.50 bits per heavy atom. The van der Waals surface area contributed by atoms with Gasteiger partial charge in [-0.05, 0) is 35.7 Å². The standard InChI is InChI=1S/C21H27N3O2/c1-16(2)17-6-5-7-18(14-17)22-21(26)15-23-10-12-24(13-11-23)19-8-3-4-9-20(19)25/h3-9,14,16,25H,10-13,15H2,1-2H3,(H,22,26). The predicted molar refractivity (Wildman–Crippen MR) is 106 cm³/mol. The lowest BCUT2D eigenvalue weighted by atomic mass is 10.0. The van der Waals surface area contributed by atoms with E-state index in [2.05, 4.69) is 35.0 Å². The number of aromatic hydroxyl groups is 1. The summed E-state index contributed by atoms with van der Waals surface area (Å²) in [5.74, 6) is 0.764. The third kappa shape index (κ3) is 4.55. The van der Waals surface area contributed by atoms with Crippen molar-refractivity contribution in [2.45, 2.75) is 19.8 Å². The lowest BCUT2D eigenvalue weighted by Gasteiger charge is -2.35. The quantitative estimate of drug-likeness (QED) is 0.866. The second-order valence-electron chi connectivity index (χ2n) is 7.08. The molecule has 5 heteroatoms. The molecular weight excluding hydrogens is 326 g/mol. The maximum atomic E-state index is 12.4. The van der Waals surface area contributed by atoms with Crippen molar-refractivity contribution >= 4 is 17.3 Å². The van der Waals surface area contributed by atoms with Crippen molar-refractivity contribution in [3.8, 4) is 5.75 Å². The number of phenolic OH excluding ortho intramolecular Hbond substituents is 1. The van der Waals surface area contributed by atoms with Gasteiger partial charge >= 0.3 is 0 Å². The number of amides is 1. The lowest BCUT2D eigenvalue weighted by Crippen LogP contribution is -2.48. The molecule has 3 rings (SSSR count). The third-order valence-electron chi connectivity index (χ3n) is 4.80. The van der Waals surface area contributed by atoms with Gasteiger partial charge in [-0.15, -0.1) is 0 Å². The average molecular weight is 353 g/mol. The molecule has 0 saturated carbocycles. The molecule has 1 amide bonds. The Labute approximate surface area is 155 Å². The molecule has 0 aliphatic carbocycles. The Kier molecular flexibility index (Phi) is 5.78. The van der Waals surface area contributed by atoms with Crippen molar-refractivity contribution in [1.29, 1.82) is 0 Å². The van der Waals surface area contributed by atoms with Gasteiger partial charge in [-0.3, -0.25) is 9.69 Å².